The maximum Gasteiger partial charge on any atom is 0.350 e. The minimum absolute atomic E-state index is 0.245. The zero-order valence-corrected chi connectivity index (χ0v) is 16.4. The van der Waals surface area contributed by atoms with E-state index in [1.807, 2.05) is 12.1 Å². The Morgan fingerprint density at radius 3 is 2.80 bits per heavy atom. The maximum atomic E-state index is 12.3. The summed E-state index contributed by atoms with van der Waals surface area (Å²) in [6.45, 7) is 8.77. The Morgan fingerprint density at radius 2 is 2.08 bits per heavy atom. The molecular formula is C21H28O3S. The molecule has 0 bridgehead atoms. The van der Waals surface area contributed by atoms with Crippen LogP contribution < -0.4 is 5.63 Å². The summed E-state index contributed by atoms with van der Waals surface area (Å²) in [5.74, 6) is 1.09. The predicted octanol–water partition coefficient (Wildman–Crippen LogP) is 5.86. The Morgan fingerprint density at radius 1 is 1.32 bits per heavy atom. The van der Waals surface area contributed by atoms with Gasteiger partial charge < -0.3 is 9.52 Å². The lowest BCUT2D eigenvalue weighted by atomic mass is 9.85. The summed E-state index contributed by atoms with van der Waals surface area (Å²) < 4.78 is 5.57. The van der Waals surface area contributed by atoms with Crippen LogP contribution in [0.25, 0.3) is 11.0 Å². The van der Waals surface area contributed by atoms with E-state index in [2.05, 4.69) is 27.7 Å². The van der Waals surface area contributed by atoms with Crippen molar-refractivity contribution in [1.82, 2.24) is 0 Å². The van der Waals surface area contributed by atoms with Gasteiger partial charge in [0.2, 0.25) is 0 Å². The fourth-order valence-corrected chi connectivity index (χ4v) is 4.91. The van der Waals surface area contributed by atoms with Crippen molar-refractivity contribution >= 4 is 22.7 Å². The Hall–Kier alpha value is -1.42. The van der Waals surface area contributed by atoms with Gasteiger partial charge in [0.05, 0.1) is 10.3 Å². The fraction of sp³-hybridized carbons (Fsp3) is 0.571. The number of phenolic OH excluding ortho intramolecular Hbond substituents is 1. The highest BCUT2D eigenvalue weighted by atomic mass is 32.2. The number of fused-ring (bicyclic) bond motifs is 3. The lowest BCUT2D eigenvalue weighted by Crippen LogP contribution is -2.08. The number of rotatable bonds is 6. The van der Waals surface area contributed by atoms with Crippen molar-refractivity contribution in [2.24, 2.45) is 5.92 Å². The molecule has 0 saturated carbocycles. The van der Waals surface area contributed by atoms with Crippen LogP contribution >= 0.6 is 11.8 Å². The smallest absolute Gasteiger partial charge is 0.350 e. The first kappa shape index (κ1) is 18.4. The molecule has 1 aromatic heterocycles. The number of hydrogen-bond donors (Lipinski definition) is 1. The number of phenols is 1. The molecule has 136 valence electrons. The number of thioether (sulfide) groups is 1. The summed E-state index contributed by atoms with van der Waals surface area (Å²) in [4.78, 5) is 13.0. The molecule has 0 aliphatic carbocycles. The molecule has 0 radical (unpaired) electrons. The molecule has 3 unspecified atom stereocenters. The summed E-state index contributed by atoms with van der Waals surface area (Å²) in [6, 6.07) is 3.84. The van der Waals surface area contributed by atoms with Crippen LogP contribution in [-0.2, 0) is 6.42 Å². The van der Waals surface area contributed by atoms with E-state index in [0.717, 1.165) is 22.9 Å². The standard InChI is InChI=1S/C21H28O3S/c1-5-6-7-8-12(2)14(4)15-10-17(22)19-16-9-13(3)25-20(16)21(23)24-18(19)11-15/h10-14,22H,5-9H2,1-4H3. The molecule has 1 aliphatic rings. The van der Waals surface area contributed by atoms with Crippen LogP contribution in [0.5, 0.6) is 5.75 Å². The third-order valence-corrected chi connectivity index (χ3v) is 6.74. The lowest BCUT2D eigenvalue weighted by Gasteiger charge is -2.21. The zero-order chi connectivity index (χ0) is 18.1. The minimum atomic E-state index is -0.267. The summed E-state index contributed by atoms with van der Waals surface area (Å²) in [5.41, 5.74) is 2.27. The normalized spacial score (nSPS) is 19.1. The van der Waals surface area contributed by atoms with Gasteiger partial charge in [-0.05, 0) is 41.5 Å². The number of aromatic hydroxyl groups is 1. The third-order valence-electron chi connectivity index (χ3n) is 5.52. The van der Waals surface area contributed by atoms with Crippen molar-refractivity contribution < 1.29 is 9.52 Å². The zero-order valence-electron chi connectivity index (χ0n) is 15.6. The highest BCUT2D eigenvalue weighted by Gasteiger charge is 2.27. The molecule has 2 heterocycles. The molecular weight excluding hydrogens is 332 g/mol. The quantitative estimate of drug-likeness (QED) is 0.518. The molecule has 1 aliphatic heterocycles. The number of hydrogen-bond acceptors (Lipinski definition) is 4. The van der Waals surface area contributed by atoms with E-state index in [0.29, 0.717) is 27.6 Å². The van der Waals surface area contributed by atoms with Crippen LogP contribution in [0.2, 0.25) is 0 Å². The monoisotopic (exact) mass is 360 g/mol. The van der Waals surface area contributed by atoms with E-state index in [1.165, 1.54) is 25.7 Å². The van der Waals surface area contributed by atoms with Gasteiger partial charge in [-0.1, -0.05) is 53.4 Å². The van der Waals surface area contributed by atoms with Crippen molar-refractivity contribution in [3.8, 4) is 5.75 Å². The van der Waals surface area contributed by atoms with Crippen LogP contribution in [0.15, 0.2) is 26.2 Å². The first-order valence-electron chi connectivity index (χ1n) is 9.41. The summed E-state index contributed by atoms with van der Waals surface area (Å²) in [7, 11) is 0. The van der Waals surface area contributed by atoms with Crippen LogP contribution in [0, 0.1) is 5.92 Å². The molecule has 4 heteroatoms. The topological polar surface area (TPSA) is 50.4 Å². The molecule has 2 aromatic rings. The van der Waals surface area contributed by atoms with E-state index >= 15 is 0 Å². The second-order valence-electron chi connectivity index (χ2n) is 7.50. The van der Waals surface area contributed by atoms with Gasteiger partial charge in [0.25, 0.3) is 0 Å². The van der Waals surface area contributed by atoms with Crippen LogP contribution in [0.1, 0.15) is 70.4 Å². The van der Waals surface area contributed by atoms with Crippen molar-refractivity contribution in [2.75, 3.05) is 0 Å². The van der Waals surface area contributed by atoms with Gasteiger partial charge in [0, 0.05) is 5.25 Å². The van der Waals surface area contributed by atoms with Gasteiger partial charge in [-0.3, -0.25) is 0 Å². The Balaban J connectivity index is 1.97. The second-order valence-corrected chi connectivity index (χ2v) is 8.95. The molecule has 3 atom stereocenters. The highest BCUT2D eigenvalue weighted by Crippen LogP contribution is 2.42. The van der Waals surface area contributed by atoms with E-state index < -0.39 is 0 Å². The van der Waals surface area contributed by atoms with Gasteiger partial charge in [-0.2, -0.15) is 0 Å². The van der Waals surface area contributed by atoms with Gasteiger partial charge in [-0.15, -0.1) is 11.8 Å². The van der Waals surface area contributed by atoms with Crippen LogP contribution in [0.4, 0.5) is 0 Å². The van der Waals surface area contributed by atoms with Crippen molar-refractivity contribution in [2.45, 2.75) is 75.9 Å². The average molecular weight is 361 g/mol. The van der Waals surface area contributed by atoms with Gasteiger partial charge >= 0.3 is 5.63 Å². The molecule has 3 rings (SSSR count). The fourth-order valence-electron chi connectivity index (χ4n) is 3.79. The molecule has 3 nitrogen and oxygen atoms in total. The number of benzene rings is 1. The van der Waals surface area contributed by atoms with Crippen LogP contribution in [-0.4, -0.2) is 10.4 Å². The van der Waals surface area contributed by atoms with E-state index in [9.17, 15) is 9.90 Å². The molecule has 0 amide bonds. The lowest BCUT2D eigenvalue weighted by molar-refractivity contribution is 0.427. The molecule has 1 aromatic carbocycles. The predicted molar refractivity (Wildman–Crippen MR) is 105 cm³/mol. The molecule has 25 heavy (non-hydrogen) atoms. The Kier molecular flexibility index (Phi) is 5.47. The molecule has 0 saturated heterocycles. The number of unbranched alkanes of at least 4 members (excludes halogenated alkanes) is 2. The van der Waals surface area contributed by atoms with Gasteiger partial charge in [0.1, 0.15) is 11.3 Å². The van der Waals surface area contributed by atoms with Gasteiger partial charge in [-0.25, -0.2) is 4.79 Å². The average Bonchev–Trinajstić information content (AvgIpc) is 2.95. The van der Waals surface area contributed by atoms with Crippen LogP contribution in [0.3, 0.4) is 0 Å². The summed E-state index contributed by atoms with van der Waals surface area (Å²) in [5, 5.41) is 11.7. The van der Waals surface area contributed by atoms with Gasteiger partial charge in [0.15, 0.2) is 0 Å². The molecule has 0 spiro atoms. The highest BCUT2D eigenvalue weighted by molar-refractivity contribution is 8.00. The minimum Gasteiger partial charge on any atom is -0.507 e. The van der Waals surface area contributed by atoms with E-state index in [-0.39, 0.29) is 11.4 Å². The van der Waals surface area contributed by atoms with Crippen molar-refractivity contribution in [3.05, 3.63) is 33.7 Å². The summed E-state index contributed by atoms with van der Waals surface area (Å²) in [6.07, 6.45) is 5.70. The van der Waals surface area contributed by atoms with Crippen molar-refractivity contribution in [1.29, 1.82) is 0 Å². The first-order valence-corrected chi connectivity index (χ1v) is 10.3. The SMILES string of the molecule is CCCCCC(C)C(C)c1cc(O)c2c3c(c(=O)oc2c1)SC(C)C3. The Bertz CT molecular complexity index is 824. The third kappa shape index (κ3) is 3.59. The molecule has 1 N–H and O–H groups in total. The largest absolute Gasteiger partial charge is 0.507 e. The Labute approximate surface area is 153 Å². The summed E-state index contributed by atoms with van der Waals surface area (Å²) >= 11 is 1.55. The second kappa shape index (κ2) is 7.45. The maximum absolute atomic E-state index is 12.3. The van der Waals surface area contributed by atoms with E-state index in [4.69, 9.17) is 4.42 Å². The van der Waals surface area contributed by atoms with E-state index in [1.54, 1.807) is 11.8 Å². The molecule has 0 fully saturated rings. The first-order chi connectivity index (χ1) is 11.9. The van der Waals surface area contributed by atoms with Crippen molar-refractivity contribution in [3.63, 3.8) is 0 Å².